The molecule has 1 aliphatic rings. The zero-order valence-corrected chi connectivity index (χ0v) is 14.8. The van der Waals surface area contributed by atoms with E-state index in [-0.39, 0.29) is 17.9 Å². The summed E-state index contributed by atoms with van der Waals surface area (Å²) in [6.07, 6.45) is 0. The Morgan fingerprint density at radius 2 is 1.22 bits per heavy atom. The molecule has 2 atom stereocenters. The standard InChI is InChI=1S/C25H19NO/c27-25-23(19-10-3-1-4-11-19)24(26(25)22-13-5-2-6-14-22)21-16-15-18-9-7-8-12-20(18)17-21/h1-17,23-24H/t23-,24+/m0/s1. The average molecular weight is 349 g/mol. The van der Waals surface area contributed by atoms with Crippen molar-refractivity contribution in [3.63, 3.8) is 0 Å². The molecule has 0 aliphatic carbocycles. The molecule has 0 spiro atoms. The van der Waals surface area contributed by atoms with Crippen molar-refractivity contribution in [2.24, 2.45) is 0 Å². The van der Waals surface area contributed by atoms with Gasteiger partial charge in [-0.3, -0.25) is 4.79 Å². The van der Waals surface area contributed by atoms with Crippen molar-refractivity contribution in [2.75, 3.05) is 4.90 Å². The number of β-lactam (4-membered cyclic amide) rings is 1. The number of rotatable bonds is 3. The number of hydrogen-bond donors (Lipinski definition) is 0. The van der Waals surface area contributed by atoms with Crippen LogP contribution >= 0.6 is 0 Å². The summed E-state index contributed by atoms with van der Waals surface area (Å²) in [6, 6.07) is 35.0. The first-order valence-electron chi connectivity index (χ1n) is 9.25. The van der Waals surface area contributed by atoms with Gasteiger partial charge in [0.2, 0.25) is 5.91 Å². The highest BCUT2D eigenvalue weighted by Gasteiger charge is 2.49. The van der Waals surface area contributed by atoms with Gasteiger partial charge in [-0.25, -0.2) is 0 Å². The SMILES string of the molecule is O=C1[C@@H](c2ccccc2)[C@@H](c2ccc3ccccc3c2)N1c1ccccc1. The lowest BCUT2D eigenvalue weighted by atomic mass is 9.77. The Morgan fingerprint density at radius 3 is 1.96 bits per heavy atom. The molecule has 1 amide bonds. The van der Waals surface area contributed by atoms with Gasteiger partial charge in [0.05, 0.1) is 12.0 Å². The Morgan fingerprint density at radius 1 is 0.593 bits per heavy atom. The molecular formula is C25H19NO. The Hall–Kier alpha value is -3.39. The third-order valence-electron chi connectivity index (χ3n) is 5.41. The minimum absolute atomic E-state index is 0.00639. The molecule has 0 bridgehead atoms. The van der Waals surface area contributed by atoms with Crippen LogP contribution in [0.3, 0.4) is 0 Å². The number of fused-ring (bicyclic) bond motifs is 1. The topological polar surface area (TPSA) is 20.3 Å². The second-order valence-electron chi connectivity index (χ2n) is 6.98. The molecule has 1 heterocycles. The Kier molecular flexibility index (Phi) is 3.75. The zero-order valence-electron chi connectivity index (χ0n) is 14.8. The van der Waals surface area contributed by atoms with E-state index in [2.05, 4.69) is 54.6 Å². The number of anilines is 1. The second kappa shape index (κ2) is 6.40. The van der Waals surface area contributed by atoms with Gasteiger partial charge in [0.1, 0.15) is 0 Å². The monoisotopic (exact) mass is 349 g/mol. The van der Waals surface area contributed by atoms with Gasteiger partial charge in [-0.2, -0.15) is 0 Å². The summed E-state index contributed by atoms with van der Waals surface area (Å²) in [6.45, 7) is 0. The van der Waals surface area contributed by atoms with Crippen molar-refractivity contribution in [3.8, 4) is 0 Å². The van der Waals surface area contributed by atoms with E-state index < -0.39 is 0 Å². The van der Waals surface area contributed by atoms with Crippen LogP contribution in [0.2, 0.25) is 0 Å². The minimum Gasteiger partial charge on any atom is -0.303 e. The summed E-state index contributed by atoms with van der Waals surface area (Å²) in [7, 11) is 0. The predicted octanol–water partition coefficient (Wildman–Crippen LogP) is 5.71. The van der Waals surface area contributed by atoms with Crippen LogP contribution in [-0.2, 0) is 4.79 Å². The first kappa shape index (κ1) is 15.8. The Labute approximate surface area is 158 Å². The van der Waals surface area contributed by atoms with Gasteiger partial charge < -0.3 is 4.90 Å². The predicted molar refractivity (Wildman–Crippen MR) is 110 cm³/mol. The maximum atomic E-state index is 13.1. The quantitative estimate of drug-likeness (QED) is 0.434. The molecule has 0 unspecified atom stereocenters. The van der Waals surface area contributed by atoms with E-state index in [1.165, 1.54) is 16.3 Å². The first-order valence-corrected chi connectivity index (χ1v) is 9.25. The number of amides is 1. The molecule has 1 fully saturated rings. The van der Waals surface area contributed by atoms with Crippen molar-refractivity contribution in [1.29, 1.82) is 0 Å². The highest BCUT2D eigenvalue weighted by atomic mass is 16.2. The van der Waals surface area contributed by atoms with Gasteiger partial charge in [0.25, 0.3) is 0 Å². The molecule has 5 rings (SSSR count). The van der Waals surface area contributed by atoms with E-state index in [0.29, 0.717) is 0 Å². The van der Waals surface area contributed by atoms with Crippen molar-refractivity contribution in [1.82, 2.24) is 0 Å². The lowest BCUT2D eigenvalue weighted by Gasteiger charge is -2.47. The van der Waals surface area contributed by atoms with E-state index in [1.807, 2.05) is 53.4 Å². The van der Waals surface area contributed by atoms with Crippen LogP contribution < -0.4 is 4.90 Å². The number of carbonyl (C=O) groups is 1. The van der Waals surface area contributed by atoms with E-state index >= 15 is 0 Å². The fraction of sp³-hybridized carbons (Fsp3) is 0.0800. The third-order valence-corrected chi connectivity index (χ3v) is 5.41. The van der Waals surface area contributed by atoms with Crippen LogP contribution in [0, 0.1) is 0 Å². The largest absolute Gasteiger partial charge is 0.303 e. The number of hydrogen-bond acceptors (Lipinski definition) is 1. The lowest BCUT2D eigenvalue weighted by molar-refractivity contribution is -0.126. The summed E-state index contributed by atoms with van der Waals surface area (Å²) in [5.74, 6) is 0.0122. The summed E-state index contributed by atoms with van der Waals surface area (Å²) >= 11 is 0. The third kappa shape index (κ3) is 2.61. The van der Waals surface area contributed by atoms with Crippen molar-refractivity contribution in [3.05, 3.63) is 114 Å². The van der Waals surface area contributed by atoms with Crippen LogP contribution in [0.25, 0.3) is 10.8 Å². The van der Waals surface area contributed by atoms with E-state index in [0.717, 1.165) is 11.3 Å². The highest BCUT2D eigenvalue weighted by molar-refractivity contribution is 6.07. The molecule has 1 saturated heterocycles. The summed E-state index contributed by atoms with van der Waals surface area (Å²) in [5, 5.41) is 2.42. The van der Waals surface area contributed by atoms with Crippen LogP contribution in [0.15, 0.2) is 103 Å². The first-order chi connectivity index (χ1) is 13.3. The molecule has 0 aromatic heterocycles. The zero-order chi connectivity index (χ0) is 18.2. The smallest absolute Gasteiger partial charge is 0.237 e. The fourth-order valence-electron chi connectivity index (χ4n) is 4.08. The van der Waals surface area contributed by atoms with Gasteiger partial charge >= 0.3 is 0 Å². The molecule has 0 radical (unpaired) electrons. The van der Waals surface area contributed by atoms with Crippen LogP contribution in [-0.4, -0.2) is 5.91 Å². The van der Waals surface area contributed by atoms with E-state index in [9.17, 15) is 4.79 Å². The van der Waals surface area contributed by atoms with Gasteiger partial charge in [-0.05, 0) is 40.1 Å². The molecule has 4 aromatic rings. The van der Waals surface area contributed by atoms with E-state index in [4.69, 9.17) is 0 Å². The van der Waals surface area contributed by atoms with Crippen molar-refractivity contribution in [2.45, 2.75) is 12.0 Å². The van der Waals surface area contributed by atoms with Crippen LogP contribution in [0.1, 0.15) is 23.1 Å². The number of nitrogens with zero attached hydrogens (tertiary/aromatic N) is 1. The number of carbonyl (C=O) groups excluding carboxylic acids is 1. The van der Waals surface area contributed by atoms with Gasteiger partial charge in [0, 0.05) is 5.69 Å². The van der Waals surface area contributed by atoms with E-state index in [1.54, 1.807) is 0 Å². The lowest BCUT2D eigenvalue weighted by Crippen LogP contribution is -2.53. The Bertz CT molecular complexity index is 1060. The highest BCUT2D eigenvalue weighted by Crippen LogP contribution is 2.49. The molecule has 2 nitrogen and oxygen atoms in total. The van der Waals surface area contributed by atoms with Gasteiger partial charge in [0.15, 0.2) is 0 Å². The Balaban J connectivity index is 1.63. The minimum atomic E-state index is -0.146. The van der Waals surface area contributed by atoms with Crippen LogP contribution in [0.5, 0.6) is 0 Å². The van der Waals surface area contributed by atoms with Gasteiger partial charge in [-0.1, -0.05) is 84.9 Å². The molecule has 130 valence electrons. The van der Waals surface area contributed by atoms with Gasteiger partial charge in [-0.15, -0.1) is 0 Å². The molecule has 0 saturated carbocycles. The molecule has 0 N–H and O–H groups in total. The maximum absolute atomic E-state index is 13.1. The normalized spacial score (nSPS) is 19.1. The number of benzene rings is 4. The summed E-state index contributed by atoms with van der Waals surface area (Å²) < 4.78 is 0. The molecular weight excluding hydrogens is 330 g/mol. The summed E-state index contributed by atoms with van der Waals surface area (Å²) in [5.41, 5.74) is 3.20. The average Bonchev–Trinajstić information content (AvgIpc) is 2.73. The molecule has 4 aromatic carbocycles. The maximum Gasteiger partial charge on any atom is 0.237 e. The van der Waals surface area contributed by atoms with Crippen molar-refractivity contribution < 1.29 is 4.79 Å². The molecule has 1 aliphatic heterocycles. The fourth-order valence-corrected chi connectivity index (χ4v) is 4.08. The number of para-hydroxylation sites is 1. The molecule has 27 heavy (non-hydrogen) atoms. The van der Waals surface area contributed by atoms with Crippen LogP contribution in [0.4, 0.5) is 5.69 Å². The van der Waals surface area contributed by atoms with Crippen molar-refractivity contribution >= 4 is 22.4 Å². The second-order valence-corrected chi connectivity index (χ2v) is 6.98. The summed E-state index contributed by atoms with van der Waals surface area (Å²) in [4.78, 5) is 15.1. The molecule has 2 heteroatoms.